The minimum Gasteiger partial charge on any atom is -0.309 e. The predicted molar refractivity (Wildman–Crippen MR) is 95.8 cm³/mol. The summed E-state index contributed by atoms with van der Waals surface area (Å²) in [5.41, 5.74) is 0.222. The van der Waals surface area contributed by atoms with E-state index < -0.39 is 0 Å². The van der Waals surface area contributed by atoms with Crippen LogP contribution in [0.5, 0.6) is 0 Å². The Morgan fingerprint density at radius 1 is 1.24 bits per heavy atom. The first-order chi connectivity index (χ1) is 9.87. The van der Waals surface area contributed by atoms with Crippen LogP contribution in [0.1, 0.15) is 29.6 Å². The van der Waals surface area contributed by atoms with Crippen LogP contribution in [0.4, 0.5) is 0 Å². The molecule has 0 aliphatic rings. The molecule has 0 spiro atoms. The number of rotatable bonds is 7. The normalized spacial score (nSPS) is 13.8. The van der Waals surface area contributed by atoms with Gasteiger partial charge in [0, 0.05) is 22.8 Å². The minimum atomic E-state index is 0.222. The molecule has 2 nitrogen and oxygen atoms in total. The van der Waals surface area contributed by atoms with Gasteiger partial charge in [0.1, 0.15) is 0 Å². The van der Waals surface area contributed by atoms with Crippen LogP contribution in [0.15, 0.2) is 29.6 Å². The SMILES string of the molecule is CN(C)CC(C)(C)CNC(c1cccs1)c1ccc(Cl)s1. The summed E-state index contributed by atoms with van der Waals surface area (Å²) in [5.74, 6) is 0. The molecule has 2 heterocycles. The Morgan fingerprint density at radius 2 is 2.00 bits per heavy atom. The van der Waals surface area contributed by atoms with Gasteiger partial charge in [0.2, 0.25) is 0 Å². The van der Waals surface area contributed by atoms with Gasteiger partial charge in [0.25, 0.3) is 0 Å². The highest BCUT2D eigenvalue weighted by Gasteiger charge is 2.23. The van der Waals surface area contributed by atoms with Gasteiger partial charge in [-0.3, -0.25) is 0 Å². The highest BCUT2D eigenvalue weighted by molar-refractivity contribution is 7.16. The highest BCUT2D eigenvalue weighted by atomic mass is 35.5. The largest absolute Gasteiger partial charge is 0.309 e. The molecule has 0 saturated carbocycles. The van der Waals surface area contributed by atoms with Crippen LogP contribution in [0.2, 0.25) is 4.34 Å². The molecule has 2 aromatic heterocycles. The van der Waals surface area contributed by atoms with Crippen molar-refractivity contribution < 1.29 is 0 Å². The van der Waals surface area contributed by atoms with E-state index in [9.17, 15) is 0 Å². The van der Waals surface area contributed by atoms with E-state index in [0.717, 1.165) is 17.4 Å². The van der Waals surface area contributed by atoms with Crippen molar-refractivity contribution in [2.45, 2.75) is 19.9 Å². The van der Waals surface area contributed by atoms with E-state index in [0.29, 0.717) is 0 Å². The van der Waals surface area contributed by atoms with E-state index in [1.165, 1.54) is 9.75 Å². The Kier molecular flexibility index (Phi) is 5.86. The number of nitrogens with zero attached hydrogens (tertiary/aromatic N) is 1. The summed E-state index contributed by atoms with van der Waals surface area (Å²) in [7, 11) is 4.25. The molecule has 1 unspecified atom stereocenters. The highest BCUT2D eigenvalue weighted by Crippen LogP contribution is 2.33. The molecule has 2 rings (SSSR count). The molecule has 0 amide bonds. The Balaban J connectivity index is 2.11. The Bertz CT molecular complexity index is 546. The van der Waals surface area contributed by atoms with Gasteiger partial charge in [0.15, 0.2) is 0 Å². The quantitative estimate of drug-likeness (QED) is 0.782. The van der Waals surface area contributed by atoms with Crippen LogP contribution in [0.25, 0.3) is 0 Å². The molecule has 1 N–H and O–H groups in total. The van der Waals surface area contributed by atoms with Gasteiger partial charge in [-0.25, -0.2) is 0 Å². The lowest BCUT2D eigenvalue weighted by molar-refractivity contribution is 0.229. The fourth-order valence-electron chi connectivity index (χ4n) is 2.57. The van der Waals surface area contributed by atoms with E-state index in [2.05, 4.69) is 61.7 Å². The minimum absolute atomic E-state index is 0.222. The van der Waals surface area contributed by atoms with E-state index in [4.69, 9.17) is 11.6 Å². The van der Waals surface area contributed by atoms with E-state index in [1.807, 2.05) is 6.07 Å². The summed E-state index contributed by atoms with van der Waals surface area (Å²) in [6.07, 6.45) is 0. The van der Waals surface area contributed by atoms with Crippen LogP contribution < -0.4 is 5.32 Å². The molecule has 5 heteroatoms. The molecule has 0 aliphatic carbocycles. The fraction of sp³-hybridized carbons (Fsp3) is 0.500. The van der Waals surface area contributed by atoms with Crippen molar-refractivity contribution in [3.05, 3.63) is 43.7 Å². The molecule has 0 aliphatic heterocycles. The van der Waals surface area contributed by atoms with E-state index >= 15 is 0 Å². The number of hydrogen-bond acceptors (Lipinski definition) is 4. The molecule has 1 atom stereocenters. The third kappa shape index (κ3) is 5.08. The standard InChI is InChI=1S/C16H23ClN2S2/c1-16(2,11-19(3)4)10-18-15(12-6-5-9-20-12)13-7-8-14(17)21-13/h5-9,15,18H,10-11H2,1-4H3. The second-order valence-electron chi connectivity index (χ2n) is 6.37. The molecular weight excluding hydrogens is 320 g/mol. The topological polar surface area (TPSA) is 15.3 Å². The number of hydrogen-bond donors (Lipinski definition) is 1. The van der Waals surface area contributed by atoms with Crippen molar-refractivity contribution in [2.75, 3.05) is 27.2 Å². The summed E-state index contributed by atoms with van der Waals surface area (Å²) < 4.78 is 0.848. The lowest BCUT2D eigenvalue weighted by atomic mass is 9.92. The second-order valence-corrected chi connectivity index (χ2v) is 9.10. The summed E-state index contributed by atoms with van der Waals surface area (Å²) in [4.78, 5) is 4.86. The van der Waals surface area contributed by atoms with Gasteiger partial charge in [-0.15, -0.1) is 22.7 Å². The van der Waals surface area contributed by atoms with Crippen molar-refractivity contribution in [3.63, 3.8) is 0 Å². The maximum Gasteiger partial charge on any atom is 0.0931 e. The van der Waals surface area contributed by atoms with Crippen LogP contribution >= 0.6 is 34.3 Å². The molecular formula is C16H23ClN2S2. The van der Waals surface area contributed by atoms with Crippen molar-refractivity contribution in [3.8, 4) is 0 Å². The number of thiophene rings is 2. The van der Waals surface area contributed by atoms with Gasteiger partial charge in [-0.05, 0) is 43.1 Å². The molecule has 0 saturated heterocycles. The molecule has 21 heavy (non-hydrogen) atoms. The van der Waals surface area contributed by atoms with Gasteiger partial charge in [-0.1, -0.05) is 31.5 Å². The van der Waals surface area contributed by atoms with Crippen LogP contribution in [0, 0.1) is 5.41 Å². The summed E-state index contributed by atoms with van der Waals surface area (Å²) in [6.45, 7) is 6.62. The first kappa shape index (κ1) is 17.0. The van der Waals surface area contributed by atoms with E-state index in [-0.39, 0.29) is 11.5 Å². The van der Waals surface area contributed by atoms with Crippen LogP contribution in [0.3, 0.4) is 0 Å². The maximum atomic E-state index is 6.11. The third-order valence-corrected chi connectivity index (χ3v) is 5.47. The molecule has 0 aromatic carbocycles. The van der Waals surface area contributed by atoms with Crippen molar-refractivity contribution in [1.29, 1.82) is 0 Å². The van der Waals surface area contributed by atoms with Crippen molar-refractivity contribution in [1.82, 2.24) is 10.2 Å². The number of nitrogens with one attached hydrogen (secondary N) is 1. The molecule has 0 radical (unpaired) electrons. The summed E-state index contributed by atoms with van der Waals surface area (Å²) in [6, 6.07) is 8.64. The first-order valence-electron chi connectivity index (χ1n) is 7.04. The molecule has 0 fully saturated rings. The Hall–Kier alpha value is -0.390. The zero-order valence-corrected chi connectivity index (χ0v) is 15.4. The summed E-state index contributed by atoms with van der Waals surface area (Å²) in [5, 5.41) is 5.86. The van der Waals surface area contributed by atoms with Crippen molar-refractivity contribution in [2.24, 2.45) is 5.41 Å². The number of halogens is 1. The molecule has 2 aromatic rings. The fourth-order valence-corrected chi connectivity index (χ4v) is 4.62. The average Bonchev–Trinajstić information content (AvgIpc) is 3.00. The Labute approximate surface area is 140 Å². The zero-order chi connectivity index (χ0) is 15.5. The first-order valence-corrected chi connectivity index (χ1v) is 9.11. The lowest BCUT2D eigenvalue weighted by Gasteiger charge is -2.30. The van der Waals surface area contributed by atoms with Gasteiger partial charge < -0.3 is 10.2 Å². The maximum absolute atomic E-state index is 6.11. The van der Waals surface area contributed by atoms with E-state index in [1.54, 1.807) is 22.7 Å². The Morgan fingerprint density at radius 3 is 2.52 bits per heavy atom. The predicted octanol–water partition coefficient (Wildman–Crippen LogP) is 4.73. The average molecular weight is 343 g/mol. The van der Waals surface area contributed by atoms with Crippen molar-refractivity contribution >= 4 is 34.3 Å². The third-order valence-electron chi connectivity index (χ3n) is 3.24. The lowest BCUT2D eigenvalue weighted by Crippen LogP contribution is -2.39. The van der Waals surface area contributed by atoms with Gasteiger partial charge in [-0.2, -0.15) is 0 Å². The zero-order valence-electron chi connectivity index (χ0n) is 13.0. The van der Waals surface area contributed by atoms with Gasteiger partial charge in [0.05, 0.1) is 10.4 Å². The van der Waals surface area contributed by atoms with Gasteiger partial charge >= 0.3 is 0 Å². The molecule has 116 valence electrons. The van der Waals surface area contributed by atoms with Crippen LogP contribution in [-0.4, -0.2) is 32.1 Å². The summed E-state index contributed by atoms with van der Waals surface area (Å²) >= 11 is 9.56. The second kappa shape index (κ2) is 7.25. The smallest absolute Gasteiger partial charge is 0.0931 e. The monoisotopic (exact) mass is 342 g/mol. The molecule has 0 bridgehead atoms. The van der Waals surface area contributed by atoms with Crippen LogP contribution in [-0.2, 0) is 0 Å².